The van der Waals surface area contributed by atoms with Crippen LogP contribution >= 0.6 is 0 Å². The lowest BCUT2D eigenvalue weighted by molar-refractivity contribution is 0.367. The van der Waals surface area contributed by atoms with Gasteiger partial charge < -0.3 is 5.73 Å². The fourth-order valence-electron chi connectivity index (χ4n) is 2.54. The molecule has 0 aromatic rings. The van der Waals surface area contributed by atoms with Crippen molar-refractivity contribution in [1.82, 2.24) is 4.72 Å². The summed E-state index contributed by atoms with van der Waals surface area (Å²) >= 11 is 0. The van der Waals surface area contributed by atoms with E-state index in [1.807, 2.05) is 0 Å². The number of nitrogens with one attached hydrogen (secondary N) is 2. The van der Waals surface area contributed by atoms with Gasteiger partial charge in [-0.2, -0.15) is 0 Å². The zero-order chi connectivity index (χ0) is 15.4. The van der Waals surface area contributed by atoms with Crippen molar-refractivity contribution < 1.29 is 16.8 Å². The normalized spacial score (nSPS) is 20.9. The maximum atomic E-state index is 12.0. The molecule has 0 aromatic heterocycles. The largest absolute Gasteiger partial charge is 0.386 e. The Bertz CT molecular complexity index is 546. The highest BCUT2D eigenvalue weighted by Gasteiger charge is 2.38. The molecule has 0 heterocycles. The maximum Gasteiger partial charge on any atom is 0.226 e. The molecule has 0 amide bonds. The number of rotatable bonds is 5. The summed E-state index contributed by atoms with van der Waals surface area (Å²) in [6, 6.07) is 0. The number of hydrogen-bond donors (Lipinski definition) is 3. The zero-order valence-electron chi connectivity index (χ0n) is 11.7. The highest BCUT2D eigenvalue weighted by Crippen LogP contribution is 2.27. The van der Waals surface area contributed by atoms with Crippen LogP contribution in [0.3, 0.4) is 0 Å². The van der Waals surface area contributed by atoms with Gasteiger partial charge in [0.1, 0.15) is 5.84 Å². The molecule has 20 heavy (non-hydrogen) atoms. The molecule has 0 aliphatic heterocycles. The van der Waals surface area contributed by atoms with Gasteiger partial charge in [0, 0.05) is 6.26 Å². The molecule has 0 aromatic carbocycles. The molecule has 1 fully saturated rings. The van der Waals surface area contributed by atoms with Gasteiger partial charge in [-0.25, -0.2) is 21.6 Å². The van der Waals surface area contributed by atoms with E-state index in [1.165, 1.54) is 0 Å². The Hall–Kier alpha value is -0.670. The molecule has 1 aliphatic carbocycles. The first kappa shape index (κ1) is 17.4. The molecule has 0 bridgehead atoms. The summed E-state index contributed by atoms with van der Waals surface area (Å²) in [5.74, 6) is -0.239. The number of amidine groups is 1. The Morgan fingerprint density at radius 1 is 1.10 bits per heavy atom. The number of sulfone groups is 1. The van der Waals surface area contributed by atoms with Crippen LogP contribution in [0.2, 0.25) is 0 Å². The Kier molecular flexibility index (Phi) is 5.56. The van der Waals surface area contributed by atoms with Crippen molar-refractivity contribution in [3.63, 3.8) is 0 Å². The monoisotopic (exact) mass is 325 g/mol. The summed E-state index contributed by atoms with van der Waals surface area (Å²) in [5, 5.41) is 6.74. The van der Waals surface area contributed by atoms with Crippen LogP contribution in [0.1, 0.15) is 44.9 Å². The van der Waals surface area contributed by atoms with Crippen LogP contribution in [0.15, 0.2) is 0 Å². The minimum atomic E-state index is -4.03. The first-order chi connectivity index (χ1) is 9.06. The van der Waals surface area contributed by atoms with Gasteiger partial charge in [-0.05, 0) is 12.8 Å². The average Bonchev–Trinajstić information content (AvgIpc) is 2.17. The fourth-order valence-corrected chi connectivity index (χ4v) is 5.94. The molecule has 0 radical (unpaired) electrons. The van der Waals surface area contributed by atoms with Crippen LogP contribution in [-0.4, -0.2) is 39.6 Å². The quantitative estimate of drug-likeness (QED) is 0.495. The Morgan fingerprint density at radius 3 is 1.95 bits per heavy atom. The smallest absolute Gasteiger partial charge is 0.226 e. The molecule has 4 N–H and O–H groups in total. The minimum Gasteiger partial charge on any atom is -0.386 e. The average molecular weight is 325 g/mol. The standard InChI is InChI=1S/C11H23N3O4S2/c1-19(15,16)9-20(17,18)14-11(10(12)13)7-5-3-2-4-6-8-11/h14H,2-9H2,1H3,(H3,12,13). The number of nitrogens with two attached hydrogens (primary N) is 1. The lowest BCUT2D eigenvalue weighted by Gasteiger charge is -2.34. The van der Waals surface area contributed by atoms with E-state index in [1.54, 1.807) is 0 Å². The first-order valence-electron chi connectivity index (χ1n) is 6.60. The van der Waals surface area contributed by atoms with Crippen molar-refractivity contribution in [3.05, 3.63) is 0 Å². The van der Waals surface area contributed by atoms with Crippen LogP contribution < -0.4 is 10.5 Å². The van der Waals surface area contributed by atoms with Crippen molar-refractivity contribution in [2.75, 3.05) is 11.3 Å². The van der Waals surface area contributed by atoms with E-state index >= 15 is 0 Å². The summed E-state index contributed by atoms with van der Waals surface area (Å²) in [6.07, 6.45) is 6.28. The lowest BCUT2D eigenvalue weighted by atomic mass is 9.84. The first-order valence-corrected chi connectivity index (χ1v) is 10.3. The molecular formula is C11H23N3O4S2. The second-order valence-electron chi connectivity index (χ2n) is 5.52. The molecule has 0 saturated heterocycles. The highest BCUT2D eigenvalue weighted by atomic mass is 32.3. The Morgan fingerprint density at radius 2 is 1.55 bits per heavy atom. The summed E-state index contributed by atoms with van der Waals surface area (Å²) in [6.45, 7) is 0. The van der Waals surface area contributed by atoms with Crippen molar-refractivity contribution in [3.8, 4) is 0 Å². The third-order valence-electron chi connectivity index (χ3n) is 3.44. The molecule has 1 rings (SSSR count). The van der Waals surface area contributed by atoms with Crippen LogP contribution in [0.5, 0.6) is 0 Å². The lowest BCUT2D eigenvalue weighted by Crippen LogP contribution is -2.58. The highest BCUT2D eigenvalue weighted by molar-refractivity contribution is 8.06. The molecule has 0 spiro atoms. The van der Waals surface area contributed by atoms with Gasteiger partial charge >= 0.3 is 0 Å². The van der Waals surface area contributed by atoms with Crippen LogP contribution in [0, 0.1) is 5.41 Å². The molecule has 0 unspecified atom stereocenters. The predicted molar refractivity (Wildman–Crippen MR) is 78.7 cm³/mol. The van der Waals surface area contributed by atoms with E-state index in [2.05, 4.69) is 4.72 Å². The van der Waals surface area contributed by atoms with Gasteiger partial charge in [-0.15, -0.1) is 0 Å². The predicted octanol–water partition coefficient (Wildman–Crippen LogP) is 0.327. The molecule has 1 saturated carbocycles. The number of hydrogen-bond acceptors (Lipinski definition) is 5. The molecule has 1 aliphatic rings. The van der Waals surface area contributed by atoms with Crippen LogP contribution in [0.4, 0.5) is 0 Å². The summed E-state index contributed by atoms with van der Waals surface area (Å²) in [7, 11) is -7.69. The second-order valence-corrected chi connectivity index (χ2v) is 9.75. The zero-order valence-corrected chi connectivity index (χ0v) is 13.3. The third-order valence-corrected chi connectivity index (χ3v) is 7.10. The second kappa shape index (κ2) is 6.40. The van der Waals surface area contributed by atoms with Gasteiger partial charge in [0.05, 0.1) is 5.54 Å². The molecule has 9 heteroatoms. The van der Waals surface area contributed by atoms with E-state index in [0.717, 1.165) is 38.4 Å². The molecular weight excluding hydrogens is 302 g/mol. The van der Waals surface area contributed by atoms with E-state index in [4.69, 9.17) is 11.1 Å². The number of sulfonamides is 1. The fraction of sp³-hybridized carbons (Fsp3) is 0.909. The minimum absolute atomic E-state index is 0.239. The van der Waals surface area contributed by atoms with Crippen molar-refractivity contribution in [2.45, 2.75) is 50.5 Å². The van der Waals surface area contributed by atoms with Gasteiger partial charge in [0.25, 0.3) is 0 Å². The summed E-state index contributed by atoms with van der Waals surface area (Å²) in [4.78, 5) is 0. The van der Waals surface area contributed by atoms with E-state index in [-0.39, 0.29) is 5.84 Å². The van der Waals surface area contributed by atoms with E-state index < -0.39 is 30.5 Å². The SMILES string of the molecule is CS(=O)(=O)CS(=O)(=O)NC1(C(=N)N)CCCCCCC1. The van der Waals surface area contributed by atoms with Gasteiger partial charge in [-0.3, -0.25) is 5.41 Å². The molecule has 118 valence electrons. The third kappa shape index (κ3) is 5.37. The topological polar surface area (TPSA) is 130 Å². The summed E-state index contributed by atoms with van der Waals surface area (Å²) < 4.78 is 48.7. The van der Waals surface area contributed by atoms with Crippen LogP contribution in [-0.2, 0) is 19.9 Å². The van der Waals surface area contributed by atoms with Crippen molar-refractivity contribution >= 4 is 25.7 Å². The van der Waals surface area contributed by atoms with Gasteiger partial charge in [0.2, 0.25) is 10.0 Å². The maximum absolute atomic E-state index is 12.0. The van der Waals surface area contributed by atoms with E-state index in [9.17, 15) is 16.8 Å². The van der Waals surface area contributed by atoms with Gasteiger partial charge in [-0.1, -0.05) is 32.1 Å². The summed E-state index contributed by atoms with van der Waals surface area (Å²) in [5.41, 5.74) is 4.47. The van der Waals surface area contributed by atoms with Crippen LogP contribution in [0.25, 0.3) is 0 Å². The molecule has 7 nitrogen and oxygen atoms in total. The van der Waals surface area contributed by atoms with Crippen molar-refractivity contribution in [1.29, 1.82) is 5.41 Å². The molecule has 0 atom stereocenters. The van der Waals surface area contributed by atoms with E-state index in [0.29, 0.717) is 12.8 Å². The van der Waals surface area contributed by atoms with Crippen molar-refractivity contribution in [2.24, 2.45) is 5.73 Å². The van der Waals surface area contributed by atoms with Gasteiger partial charge in [0.15, 0.2) is 14.9 Å². The Labute approximate surface area is 120 Å². The Balaban J connectivity index is 2.98.